The standard InChI is InChI=1S/C88H172O17P2/c1-6-9-12-15-18-21-24-27-29-30-31-32-33-34-35-38-44-49-54-59-64-69-74-88(93)105-84(78-99-86(91)72-67-62-57-52-47-43-39-36-37-41-45-50-55-60-65-70-81(4)5)80-103-107(96,97)101-76-82(89)75-100-106(94,95)102-79-83(77-98-85(90)71-66-61-56-51-46-40-26-23-20-17-14-11-8-3)104-87(92)73-68-63-58-53-48-42-28-25-22-19-16-13-10-7-2/h81-84,89H,6-80H2,1-5H3,(H,94,95)(H,96,97)/t82-,83+,84+/m0/s1. The molecule has 0 fully saturated rings. The van der Waals surface area contributed by atoms with E-state index in [1.807, 2.05) is 0 Å². The number of rotatable bonds is 88. The molecule has 0 aliphatic carbocycles. The Kier molecular flexibility index (Phi) is 79.2. The van der Waals surface area contributed by atoms with E-state index in [2.05, 4.69) is 34.6 Å². The van der Waals surface area contributed by atoms with Crippen LogP contribution in [0.15, 0.2) is 0 Å². The minimum Gasteiger partial charge on any atom is -0.462 e. The van der Waals surface area contributed by atoms with Crippen LogP contribution in [0.3, 0.4) is 0 Å². The van der Waals surface area contributed by atoms with Gasteiger partial charge in [-0.1, -0.05) is 426 Å². The molecule has 0 heterocycles. The van der Waals surface area contributed by atoms with Gasteiger partial charge in [-0.25, -0.2) is 9.13 Å². The minimum absolute atomic E-state index is 0.109. The first-order chi connectivity index (χ1) is 52.0. The lowest BCUT2D eigenvalue weighted by molar-refractivity contribution is -0.161. The van der Waals surface area contributed by atoms with Gasteiger partial charge in [-0.2, -0.15) is 0 Å². The lowest BCUT2D eigenvalue weighted by atomic mass is 10.0. The molecular weight excluding hydrogens is 1390 g/mol. The van der Waals surface area contributed by atoms with Crippen molar-refractivity contribution in [3.05, 3.63) is 0 Å². The molecule has 0 aliphatic heterocycles. The molecule has 0 aromatic heterocycles. The number of phosphoric ester groups is 2. The molecule has 636 valence electrons. The van der Waals surface area contributed by atoms with E-state index >= 15 is 0 Å². The first kappa shape index (κ1) is 105. The van der Waals surface area contributed by atoms with Crippen molar-refractivity contribution in [1.29, 1.82) is 0 Å². The molecule has 0 spiro atoms. The SMILES string of the molecule is CCCCCCCCCCCCCCCCCCCCCCCCC(=O)O[C@H](COC(=O)CCCCCCCCCCCCCCCCCC(C)C)COP(=O)(O)OC[C@@H](O)COP(=O)(O)OC[C@@H](COC(=O)CCCCCCCCCCCCCCC)OC(=O)CCCCCCCCCCCCCCCC. The Labute approximate surface area is 658 Å². The van der Waals surface area contributed by atoms with Crippen LogP contribution in [0.1, 0.15) is 478 Å². The number of carbonyl (C=O) groups is 4. The van der Waals surface area contributed by atoms with Crippen molar-refractivity contribution in [3.63, 3.8) is 0 Å². The largest absolute Gasteiger partial charge is 0.472 e. The highest BCUT2D eigenvalue weighted by Gasteiger charge is 2.30. The summed E-state index contributed by atoms with van der Waals surface area (Å²) >= 11 is 0. The number of aliphatic hydroxyl groups excluding tert-OH is 1. The second-order valence-electron chi connectivity index (χ2n) is 32.1. The van der Waals surface area contributed by atoms with E-state index in [0.717, 1.165) is 95.8 Å². The van der Waals surface area contributed by atoms with Gasteiger partial charge in [0, 0.05) is 25.7 Å². The molecule has 19 heteroatoms. The number of unbranched alkanes of at least 4 members (excludes halogenated alkanes) is 60. The zero-order valence-electron chi connectivity index (χ0n) is 70.3. The summed E-state index contributed by atoms with van der Waals surface area (Å²) in [6.07, 6.45) is 74.9. The second-order valence-corrected chi connectivity index (χ2v) is 35.0. The van der Waals surface area contributed by atoms with E-state index in [1.165, 1.54) is 302 Å². The fourth-order valence-electron chi connectivity index (χ4n) is 13.8. The number of hydrogen-bond acceptors (Lipinski definition) is 15. The van der Waals surface area contributed by atoms with Crippen molar-refractivity contribution < 1.29 is 80.2 Å². The Morgan fingerprint density at radius 2 is 0.430 bits per heavy atom. The van der Waals surface area contributed by atoms with Gasteiger partial charge < -0.3 is 33.8 Å². The summed E-state index contributed by atoms with van der Waals surface area (Å²) in [4.78, 5) is 73.3. The molecule has 2 unspecified atom stereocenters. The number of carbonyl (C=O) groups excluding carboxylic acids is 4. The number of phosphoric acid groups is 2. The van der Waals surface area contributed by atoms with Gasteiger partial charge in [0.05, 0.1) is 26.4 Å². The molecule has 17 nitrogen and oxygen atoms in total. The highest BCUT2D eigenvalue weighted by Crippen LogP contribution is 2.45. The molecule has 0 aromatic rings. The molecule has 0 rings (SSSR count). The van der Waals surface area contributed by atoms with E-state index in [0.29, 0.717) is 25.7 Å². The fraction of sp³-hybridized carbons (Fsp3) is 0.955. The maximum Gasteiger partial charge on any atom is 0.472 e. The first-order valence-corrected chi connectivity index (χ1v) is 48.6. The highest BCUT2D eigenvalue weighted by molar-refractivity contribution is 7.47. The van der Waals surface area contributed by atoms with E-state index < -0.39 is 97.5 Å². The number of hydrogen-bond donors (Lipinski definition) is 3. The summed E-state index contributed by atoms with van der Waals surface area (Å²) in [5.41, 5.74) is 0. The minimum atomic E-state index is -4.97. The van der Waals surface area contributed by atoms with Gasteiger partial charge in [0.2, 0.25) is 0 Å². The Morgan fingerprint density at radius 1 is 0.252 bits per heavy atom. The molecule has 107 heavy (non-hydrogen) atoms. The summed E-state index contributed by atoms with van der Waals surface area (Å²) in [5.74, 6) is -1.29. The molecule has 0 saturated heterocycles. The fourth-order valence-corrected chi connectivity index (χ4v) is 15.4. The normalized spacial score (nSPS) is 13.7. The van der Waals surface area contributed by atoms with Crippen molar-refractivity contribution in [1.82, 2.24) is 0 Å². The summed E-state index contributed by atoms with van der Waals surface area (Å²) in [7, 11) is -9.93. The molecule has 0 aliphatic rings. The van der Waals surface area contributed by atoms with Crippen LogP contribution < -0.4 is 0 Å². The Balaban J connectivity index is 5.24. The number of esters is 4. The zero-order chi connectivity index (χ0) is 78.3. The Morgan fingerprint density at radius 3 is 0.636 bits per heavy atom. The first-order valence-electron chi connectivity index (χ1n) is 45.6. The summed E-state index contributed by atoms with van der Waals surface area (Å²) in [6, 6.07) is 0. The van der Waals surface area contributed by atoms with Crippen LogP contribution in [0.25, 0.3) is 0 Å². The van der Waals surface area contributed by atoms with Crippen molar-refractivity contribution in [2.75, 3.05) is 39.6 Å². The third-order valence-corrected chi connectivity index (χ3v) is 22.7. The van der Waals surface area contributed by atoms with Gasteiger partial charge >= 0.3 is 39.5 Å². The summed E-state index contributed by atoms with van der Waals surface area (Å²) in [5, 5.41) is 10.7. The average molecular weight is 1560 g/mol. The average Bonchev–Trinajstić information content (AvgIpc) is 0.907. The lowest BCUT2D eigenvalue weighted by Gasteiger charge is -2.21. The predicted molar refractivity (Wildman–Crippen MR) is 442 cm³/mol. The molecule has 3 N–H and O–H groups in total. The molecule has 0 aromatic carbocycles. The van der Waals surface area contributed by atoms with Crippen molar-refractivity contribution in [3.8, 4) is 0 Å². The second kappa shape index (κ2) is 80.7. The lowest BCUT2D eigenvalue weighted by Crippen LogP contribution is -2.30. The zero-order valence-corrected chi connectivity index (χ0v) is 72.1. The summed E-state index contributed by atoms with van der Waals surface area (Å²) < 4.78 is 69.0. The van der Waals surface area contributed by atoms with Crippen molar-refractivity contribution in [2.24, 2.45) is 5.92 Å². The third-order valence-electron chi connectivity index (χ3n) is 20.8. The van der Waals surface area contributed by atoms with Gasteiger partial charge in [-0.3, -0.25) is 37.3 Å². The van der Waals surface area contributed by atoms with E-state index in [1.54, 1.807) is 0 Å². The van der Waals surface area contributed by atoms with E-state index in [9.17, 15) is 43.2 Å². The quantitative estimate of drug-likeness (QED) is 0.0222. The molecule has 0 radical (unpaired) electrons. The van der Waals surface area contributed by atoms with Crippen LogP contribution in [0.4, 0.5) is 0 Å². The van der Waals surface area contributed by atoms with Gasteiger partial charge in [0.15, 0.2) is 12.2 Å². The number of aliphatic hydroxyl groups is 1. The topological polar surface area (TPSA) is 237 Å². The molecule has 0 bridgehead atoms. The highest BCUT2D eigenvalue weighted by atomic mass is 31.2. The van der Waals surface area contributed by atoms with Crippen LogP contribution in [-0.4, -0.2) is 96.7 Å². The maximum absolute atomic E-state index is 13.2. The van der Waals surface area contributed by atoms with Crippen LogP contribution >= 0.6 is 15.6 Å². The van der Waals surface area contributed by atoms with Gasteiger partial charge in [0.1, 0.15) is 19.3 Å². The van der Waals surface area contributed by atoms with E-state index in [-0.39, 0.29) is 25.7 Å². The van der Waals surface area contributed by atoms with Crippen LogP contribution in [-0.2, 0) is 65.4 Å². The molecule has 0 amide bonds. The summed E-state index contributed by atoms with van der Waals surface area (Å²) in [6.45, 7) is 7.41. The molecular formula is C88H172O17P2. The van der Waals surface area contributed by atoms with E-state index in [4.69, 9.17) is 37.0 Å². The van der Waals surface area contributed by atoms with Crippen molar-refractivity contribution >= 4 is 39.5 Å². The molecule has 0 saturated carbocycles. The Hall–Kier alpha value is -1.94. The predicted octanol–water partition coefficient (Wildman–Crippen LogP) is 27.2. The maximum atomic E-state index is 13.2. The smallest absolute Gasteiger partial charge is 0.462 e. The van der Waals surface area contributed by atoms with Gasteiger partial charge in [-0.15, -0.1) is 0 Å². The van der Waals surface area contributed by atoms with Crippen LogP contribution in [0.2, 0.25) is 0 Å². The van der Waals surface area contributed by atoms with Crippen LogP contribution in [0.5, 0.6) is 0 Å². The van der Waals surface area contributed by atoms with Gasteiger partial charge in [-0.05, 0) is 31.6 Å². The van der Waals surface area contributed by atoms with Gasteiger partial charge in [0.25, 0.3) is 0 Å². The molecule has 5 atom stereocenters. The Bertz CT molecular complexity index is 2030. The van der Waals surface area contributed by atoms with Crippen molar-refractivity contribution in [2.45, 2.75) is 496 Å². The van der Waals surface area contributed by atoms with Crippen LogP contribution in [0, 0.1) is 5.92 Å². The monoisotopic (exact) mass is 1560 g/mol. The number of ether oxygens (including phenoxy) is 4. The third kappa shape index (κ3) is 81.9.